The summed E-state index contributed by atoms with van der Waals surface area (Å²) in [7, 11) is 0. The van der Waals surface area contributed by atoms with Gasteiger partial charge in [0, 0.05) is 30.2 Å². The second-order valence-electron chi connectivity index (χ2n) is 6.55. The molecule has 0 saturated carbocycles. The van der Waals surface area contributed by atoms with Crippen LogP contribution in [0.25, 0.3) is 16.5 Å². The highest BCUT2D eigenvalue weighted by Gasteiger charge is 2.35. The fourth-order valence-electron chi connectivity index (χ4n) is 3.26. The van der Waals surface area contributed by atoms with Crippen LogP contribution in [0.3, 0.4) is 0 Å². The van der Waals surface area contributed by atoms with Crippen LogP contribution in [0.5, 0.6) is 0 Å². The van der Waals surface area contributed by atoms with Crippen LogP contribution in [0.15, 0.2) is 24.4 Å². The van der Waals surface area contributed by atoms with Crippen molar-refractivity contribution in [2.45, 2.75) is 32.4 Å². The van der Waals surface area contributed by atoms with Crippen LogP contribution in [0.2, 0.25) is 0 Å². The van der Waals surface area contributed by atoms with E-state index >= 15 is 0 Å². The van der Waals surface area contributed by atoms with E-state index in [0.717, 1.165) is 17.0 Å². The van der Waals surface area contributed by atoms with Crippen molar-refractivity contribution in [2.75, 3.05) is 13.1 Å². The molecular formula is C18H19F3N2O2. The molecule has 7 heteroatoms. The largest absolute Gasteiger partial charge is 0.465 e. The van der Waals surface area contributed by atoms with Crippen molar-refractivity contribution in [2.24, 2.45) is 0 Å². The Morgan fingerprint density at radius 1 is 1.32 bits per heavy atom. The number of aromatic nitrogens is 1. The first-order valence-electron chi connectivity index (χ1n) is 8.08. The van der Waals surface area contributed by atoms with Crippen molar-refractivity contribution in [3.05, 3.63) is 41.1 Å². The van der Waals surface area contributed by atoms with E-state index in [0.29, 0.717) is 11.1 Å². The molecule has 2 N–H and O–H groups in total. The molecule has 0 unspecified atom stereocenters. The lowest BCUT2D eigenvalue weighted by atomic mass is 9.91. The van der Waals surface area contributed by atoms with E-state index in [9.17, 15) is 18.0 Å². The third kappa shape index (κ3) is 3.23. The number of carbonyl (C=O) groups is 1. The fraction of sp³-hybridized carbons (Fsp3) is 0.389. The van der Waals surface area contributed by atoms with Gasteiger partial charge in [0.1, 0.15) is 0 Å². The molecule has 2 heterocycles. The molecule has 1 aliphatic rings. The van der Waals surface area contributed by atoms with Crippen molar-refractivity contribution in [1.82, 2.24) is 9.88 Å². The standard InChI is InChI=1S/C18H19F3N2O2/c1-10(2)14-9-22-16-8-15(18(19,20)21)12(7-13(14)16)11-3-5-23(6-4-11)17(24)25/h3,7-10,22H,4-6H2,1-2H3,(H,24,25). The van der Waals surface area contributed by atoms with Gasteiger partial charge in [-0.1, -0.05) is 19.9 Å². The third-order valence-corrected chi connectivity index (χ3v) is 4.60. The van der Waals surface area contributed by atoms with E-state index in [1.165, 1.54) is 4.90 Å². The number of rotatable bonds is 2. The minimum atomic E-state index is -4.47. The van der Waals surface area contributed by atoms with Crippen LogP contribution in [0.4, 0.5) is 18.0 Å². The topological polar surface area (TPSA) is 56.3 Å². The lowest BCUT2D eigenvalue weighted by Gasteiger charge is -2.25. The van der Waals surface area contributed by atoms with Crippen LogP contribution >= 0.6 is 0 Å². The Morgan fingerprint density at radius 3 is 2.56 bits per heavy atom. The van der Waals surface area contributed by atoms with Crippen LogP contribution < -0.4 is 0 Å². The highest BCUT2D eigenvalue weighted by molar-refractivity contribution is 5.89. The highest BCUT2D eigenvalue weighted by atomic mass is 19.4. The zero-order valence-corrected chi connectivity index (χ0v) is 13.9. The Bertz CT molecular complexity index is 850. The normalized spacial score (nSPS) is 15.8. The van der Waals surface area contributed by atoms with E-state index in [1.54, 1.807) is 18.3 Å². The summed E-state index contributed by atoms with van der Waals surface area (Å²) in [5.74, 6) is 0.182. The summed E-state index contributed by atoms with van der Waals surface area (Å²) >= 11 is 0. The van der Waals surface area contributed by atoms with Crippen molar-refractivity contribution < 1.29 is 23.1 Å². The molecule has 0 radical (unpaired) electrons. The van der Waals surface area contributed by atoms with Gasteiger partial charge in [0.15, 0.2) is 0 Å². The molecular weight excluding hydrogens is 333 g/mol. The average molecular weight is 352 g/mol. The van der Waals surface area contributed by atoms with Gasteiger partial charge >= 0.3 is 12.3 Å². The van der Waals surface area contributed by atoms with Crippen molar-refractivity contribution in [3.63, 3.8) is 0 Å². The number of benzene rings is 1. The molecule has 0 atom stereocenters. The molecule has 0 aliphatic carbocycles. The van der Waals surface area contributed by atoms with Gasteiger partial charge in [0.05, 0.1) is 5.56 Å². The Hall–Kier alpha value is -2.44. The maximum absolute atomic E-state index is 13.6. The maximum atomic E-state index is 13.6. The summed E-state index contributed by atoms with van der Waals surface area (Å²) in [6.07, 6.45) is -1.94. The second-order valence-corrected chi connectivity index (χ2v) is 6.55. The molecule has 0 bridgehead atoms. The van der Waals surface area contributed by atoms with Crippen molar-refractivity contribution in [3.8, 4) is 0 Å². The van der Waals surface area contributed by atoms with Crippen LogP contribution in [-0.2, 0) is 6.18 Å². The molecule has 0 spiro atoms. The quantitative estimate of drug-likeness (QED) is 0.792. The Labute approximate surface area is 142 Å². The number of hydrogen-bond donors (Lipinski definition) is 2. The molecule has 1 aromatic heterocycles. The van der Waals surface area contributed by atoms with E-state index in [4.69, 9.17) is 5.11 Å². The minimum absolute atomic E-state index is 0.101. The van der Waals surface area contributed by atoms with Crippen LogP contribution in [-0.4, -0.2) is 34.2 Å². The molecule has 134 valence electrons. The van der Waals surface area contributed by atoms with Gasteiger partial charge < -0.3 is 15.0 Å². The highest BCUT2D eigenvalue weighted by Crippen LogP contribution is 2.40. The summed E-state index contributed by atoms with van der Waals surface area (Å²) in [4.78, 5) is 15.1. The lowest BCUT2D eigenvalue weighted by molar-refractivity contribution is -0.137. The van der Waals surface area contributed by atoms with Crippen LogP contribution in [0, 0.1) is 0 Å². The summed E-state index contributed by atoms with van der Waals surface area (Å²) in [6, 6.07) is 2.74. The van der Waals surface area contributed by atoms with Gasteiger partial charge in [0.2, 0.25) is 0 Å². The summed E-state index contributed by atoms with van der Waals surface area (Å²) in [5, 5.41) is 9.78. The van der Waals surface area contributed by atoms with Gasteiger partial charge in [0.25, 0.3) is 0 Å². The molecule has 1 aliphatic heterocycles. The first-order chi connectivity index (χ1) is 11.7. The second kappa shape index (κ2) is 6.13. The number of fused-ring (bicyclic) bond motifs is 1. The molecule has 2 aromatic rings. The number of nitrogens with zero attached hydrogens (tertiary/aromatic N) is 1. The predicted molar refractivity (Wildman–Crippen MR) is 89.6 cm³/mol. The Kier molecular flexibility index (Phi) is 4.26. The van der Waals surface area contributed by atoms with E-state index in [1.807, 2.05) is 13.8 Å². The average Bonchev–Trinajstić information content (AvgIpc) is 2.96. The number of hydrogen-bond acceptors (Lipinski definition) is 1. The number of nitrogens with one attached hydrogen (secondary N) is 1. The third-order valence-electron chi connectivity index (χ3n) is 4.60. The Morgan fingerprint density at radius 2 is 2.04 bits per heavy atom. The zero-order chi connectivity index (χ0) is 18.4. The molecule has 0 saturated heterocycles. The van der Waals surface area contributed by atoms with Gasteiger partial charge in [-0.05, 0) is 41.2 Å². The van der Waals surface area contributed by atoms with Gasteiger partial charge in [-0.15, -0.1) is 0 Å². The molecule has 1 amide bonds. The van der Waals surface area contributed by atoms with Gasteiger partial charge in [-0.3, -0.25) is 0 Å². The molecule has 4 nitrogen and oxygen atoms in total. The summed E-state index contributed by atoms with van der Waals surface area (Å²) in [5.41, 5.74) is 1.43. The fourth-order valence-corrected chi connectivity index (χ4v) is 3.26. The lowest BCUT2D eigenvalue weighted by Crippen LogP contribution is -2.33. The van der Waals surface area contributed by atoms with E-state index in [2.05, 4.69) is 4.98 Å². The van der Waals surface area contributed by atoms with E-state index in [-0.39, 0.29) is 31.0 Å². The number of aromatic amines is 1. The van der Waals surface area contributed by atoms with Gasteiger partial charge in [-0.25, -0.2) is 4.79 Å². The SMILES string of the molecule is CC(C)c1c[nH]c2cc(C(F)(F)F)c(C3=CCN(C(=O)O)CC3)cc12. The Balaban J connectivity index is 2.14. The monoisotopic (exact) mass is 352 g/mol. The first kappa shape index (κ1) is 17.4. The summed E-state index contributed by atoms with van der Waals surface area (Å²) in [6.45, 7) is 4.28. The molecule has 25 heavy (non-hydrogen) atoms. The maximum Gasteiger partial charge on any atom is 0.417 e. The number of halogens is 3. The van der Waals surface area contributed by atoms with E-state index < -0.39 is 17.8 Å². The van der Waals surface area contributed by atoms with Crippen molar-refractivity contribution >= 4 is 22.6 Å². The number of carboxylic acid groups (broad SMARTS) is 1. The molecule has 1 aromatic carbocycles. The minimum Gasteiger partial charge on any atom is -0.465 e. The van der Waals surface area contributed by atoms with Crippen LogP contribution in [0.1, 0.15) is 42.9 Å². The first-order valence-corrected chi connectivity index (χ1v) is 8.08. The predicted octanol–water partition coefficient (Wildman–Crippen LogP) is 5.08. The summed E-state index contributed by atoms with van der Waals surface area (Å²) < 4.78 is 40.7. The van der Waals surface area contributed by atoms with Gasteiger partial charge in [-0.2, -0.15) is 13.2 Å². The molecule has 0 fully saturated rings. The van der Waals surface area contributed by atoms with Crippen molar-refractivity contribution in [1.29, 1.82) is 0 Å². The zero-order valence-electron chi connectivity index (χ0n) is 13.9. The number of amides is 1. The molecule has 3 rings (SSSR count). The number of alkyl halides is 3. The number of H-pyrrole nitrogens is 1. The smallest absolute Gasteiger partial charge is 0.417 e.